The van der Waals surface area contributed by atoms with E-state index in [9.17, 15) is 0 Å². The van der Waals surface area contributed by atoms with E-state index >= 15 is 0 Å². The standard InChI is InChI=1S/C26H21BNO3/c1-3-12-21(13-4-1)27(22-14-5-2-6-15-22)30-25-18-10-8-16-23(25)26-28(31-27)19-20-11-7-9-17-24(20)29-26/h1-18,26H,19H2/q-1. The molecule has 4 aromatic carbocycles. The van der Waals surface area contributed by atoms with Crippen LogP contribution in [0.4, 0.5) is 0 Å². The fraction of sp³-hybridized carbons (Fsp3) is 0.0769. The smallest absolute Gasteiger partial charge is 0.368 e. The van der Waals surface area contributed by atoms with Crippen molar-refractivity contribution in [2.75, 3.05) is 0 Å². The van der Waals surface area contributed by atoms with Crippen LogP contribution in [0.1, 0.15) is 17.4 Å². The van der Waals surface area contributed by atoms with Gasteiger partial charge in [-0.3, -0.25) is 0 Å². The van der Waals surface area contributed by atoms with Crippen molar-refractivity contribution in [3.8, 4) is 11.5 Å². The molecule has 2 heterocycles. The molecule has 0 saturated carbocycles. The van der Waals surface area contributed by atoms with Gasteiger partial charge in [-0.2, -0.15) is 5.06 Å². The highest BCUT2D eigenvalue weighted by Gasteiger charge is 2.43. The highest BCUT2D eigenvalue weighted by atomic mass is 16.8. The lowest BCUT2D eigenvalue weighted by atomic mass is 9.46. The van der Waals surface area contributed by atoms with Crippen molar-refractivity contribution in [3.63, 3.8) is 0 Å². The molecule has 4 aromatic rings. The molecule has 0 spiro atoms. The molecule has 0 N–H and O–H groups in total. The monoisotopic (exact) mass is 406 g/mol. The van der Waals surface area contributed by atoms with E-state index in [1.54, 1.807) is 0 Å². The molecule has 0 radical (unpaired) electrons. The number of hydrogen-bond acceptors (Lipinski definition) is 4. The summed E-state index contributed by atoms with van der Waals surface area (Å²) in [5.41, 5.74) is 3.99. The number of para-hydroxylation sites is 2. The van der Waals surface area contributed by atoms with Gasteiger partial charge in [-0.1, -0.05) is 97.1 Å². The minimum absolute atomic E-state index is 0.401. The molecule has 2 aliphatic heterocycles. The van der Waals surface area contributed by atoms with Crippen LogP contribution >= 0.6 is 0 Å². The second-order valence-electron chi connectivity index (χ2n) is 7.95. The molecular weight excluding hydrogens is 385 g/mol. The molecule has 0 fully saturated rings. The molecule has 0 bridgehead atoms. The van der Waals surface area contributed by atoms with Crippen molar-refractivity contribution in [1.29, 1.82) is 0 Å². The Labute approximate surface area is 181 Å². The first-order valence-corrected chi connectivity index (χ1v) is 10.6. The van der Waals surface area contributed by atoms with Crippen LogP contribution in [-0.4, -0.2) is 11.6 Å². The van der Waals surface area contributed by atoms with E-state index in [1.165, 1.54) is 0 Å². The summed E-state index contributed by atoms with van der Waals surface area (Å²) in [6.45, 7) is -1.44. The van der Waals surface area contributed by atoms with Gasteiger partial charge in [0.15, 0.2) is 6.23 Å². The lowest BCUT2D eigenvalue weighted by Crippen LogP contribution is -2.67. The molecule has 0 amide bonds. The van der Waals surface area contributed by atoms with E-state index in [2.05, 4.69) is 30.3 Å². The van der Waals surface area contributed by atoms with E-state index in [-0.39, 0.29) is 0 Å². The van der Waals surface area contributed by atoms with Gasteiger partial charge >= 0.3 is 6.55 Å². The Balaban J connectivity index is 1.58. The highest BCUT2D eigenvalue weighted by Crippen LogP contribution is 2.42. The Morgan fingerprint density at radius 2 is 1.23 bits per heavy atom. The van der Waals surface area contributed by atoms with Crippen LogP contribution in [0.15, 0.2) is 109 Å². The van der Waals surface area contributed by atoms with Gasteiger partial charge in [-0.15, -0.1) is 10.9 Å². The van der Waals surface area contributed by atoms with Gasteiger partial charge in [0.2, 0.25) is 0 Å². The van der Waals surface area contributed by atoms with Gasteiger partial charge in [0.05, 0.1) is 12.3 Å². The molecule has 152 valence electrons. The van der Waals surface area contributed by atoms with E-state index in [1.807, 2.05) is 83.9 Å². The zero-order valence-electron chi connectivity index (χ0n) is 16.9. The van der Waals surface area contributed by atoms with Crippen molar-refractivity contribution in [1.82, 2.24) is 5.06 Å². The van der Waals surface area contributed by atoms with Crippen LogP contribution in [0.2, 0.25) is 0 Å². The summed E-state index contributed by atoms with van der Waals surface area (Å²) in [5, 5.41) is 1.92. The lowest BCUT2D eigenvalue weighted by Gasteiger charge is -2.46. The largest absolute Gasteiger partial charge is 0.684 e. The van der Waals surface area contributed by atoms with Crippen LogP contribution in [-0.2, 0) is 11.3 Å². The summed E-state index contributed by atoms with van der Waals surface area (Å²) in [7, 11) is 0. The van der Waals surface area contributed by atoms with Crippen LogP contribution in [0, 0.1) is 0 Å². The number of hydrogen-bond donors (Lipinski definition) is 0. The Kier molecular flexibility index (Phi) is 4.30. The maximum absolute atomic E-state index is 6.86. The van der Waals surface area contributed by atoms with E-state index in [0.29, 0.717) is 6.54 Å². The lowest BCUT2D eigenvalue weighted by molar-refractivity contribution is -0.189. The number of hydroxylamine groups is 2. The average molecular weight is 406 g/mol. The molecule has 0 aliphatic carbocycles. The molecule has 1 atom stereocenters. The second-order valence-corrected chi connectivity index (χ2v) is 7.95. The van der Waals surface area contributed by atoms with Crippen LogP contribution in [0.5, 0.6) is 11.5 Å². The summed E-state index contributed by atoms with van der Waals surface area (Å²) >= 11 is 0. The van der Waals surface area contributed by atoms with Gasteiger partial charge < -0.3 is 14.1 Å². The van der Waals surface area contributed by atoms with Crippen LogP contribution in [0.3, 0.4) is 0 Å². The fourth-order valence-electron chi connectivity index (χ4n) is 4.54. The third-order valence-corrected chi connectivity index (χ3v) is 6.04. The molecular formula is C26H21BNO3-. The molecule has 0 saturated heterocycles. The maximum Gasteiger partial charge on any atom is 0.368 e. The summed E-state index contributed by atoms with van der Waals surface area (Å²) in [6.07, 6.45) is -0.401. The highest BCUT2D eigenvalue weighted by molar-refractivity contribution is 6.93. The second kappa shape index (κ2) is 7.31. The van der Waals surface area contributed by atoms with Crippen molar-refractivity contribution in [2.45, 2.75) is 12.8 Å². The SMILES string of the molecule is c1ccc([B-]2(c3ccccc3)Oc3ccccc3C3Oc4ccccc4CN3O2)cc1. The Morgan fingerprint density at radius 3 is 1.94 bits per heavy atom. The van der Waals surface area contributed by atoms with Crippen LogP contribution in [0.25, 0.3) is 0 Å². The normalized spacial score (nSPS) is 19.0. The van der Waals surface area contributed by atoms with E-state index in [4.69, 9.17) is 14.1 Å². The number of benzene rings is 4. The Bertz CT molecular complexity index is 1180. The molecule has 0 aromatic heterocycles. The zero-order valence-corrected chi connectivity index (χ0v) is 16.9. The predicted molar refractivity (Wildman–Crippen MR) is 121 cm³/mol. The van der Waals surface area contributed by atoms with E-state index < -0.39 is 12.8 Å². The van der Waals surface area contributed by atoms with Crippen LogP contribution < -0.4 is 20.3 Å². The number of fused-ring (bicyclic) bond motifs is 4. The van der Waals surface area contributed by atoms with Gasteiger partial charge in [-0.25, -0.2) is 0 Å². The van der Waals surface area contributed by atoms with Gasteiger partial charge in [0.25, 0.3) is 0 Å². The van der Waals surface area contributed by atoms with Gasteiger partial charge in [0, 0.05) is 11.1 Å². The summed E-state index contributed by atoms with van der Waals surface area (Å²) in [6, 6.07) is 36.5. The average Bonchev–Trinajstić information content (AvgIpc) is 2.99. The quantitative estimate of drug-likeness (QED) is 0.468. The van der Waals surface area contributed by atoms with Crippen molar-refractivity contribution in [3.05, 3.63) is 120 Å². The topological polar surface area (TPSA) is 30.9 Å². The first kappa shape index (κ1) is 18.3. The van der Waals surface area contributed by atoms with Crippen molar-refractivity contribution >= 4 is 17.5 Å². The number of ether oxygens (including phenoxy) is 1. The van der Waals surface area contributed by atoms with Crippen molar-refractivity contribution in [2.24, 2.45) is 0 Å². The zero-order chi connectivity index (χ0) is 20.7. The minimum Gasteiger partial charge on any atom is -0.684 e. The third kappa shape index (κ3) is 3.02. The summed E-state index contributed by atoms with van der Waals surface area (Å²) in [5.74, 6) is 1.64. The minimum atomic E-state index is -2.04. The first-order chi connectivity index (χ1) is 15.3. The first-order valence-electron chi connectivity index (χ1n) is 10.6. The molecule has 6 rings (SSSR count). The molecule has 5 heteroatoms. The summed E-state index contributed by atoms with van der Waals surface area (Å²) < 4.78 is 20.1. The Morgan fingerprint density at radius 1 is 0.645 bits per heavy atom. The summed E-state index contributed by atoms with van der Waals surface area (Å²) in [4.78, 5) is 0. The van der Waals surface area contributed by atoms with Gasteiger partial charge in [0.1, 0.15) is 5.75 Å². The number of nitrogens with zero attached hydrogens (tertiary/aromatic N) is 1. The predicted octanol–water partition coefficient (Wildman–Crippen LogP) is 4.16. The van der Waals surface area contributed by atoms with Crippen molar-refractivity contribution < 1.29 is 14.1 Å². The van der Waals surface area contributed by atoms with E-state index in [0.717, 1.165) is 33.6 Å². The Hall–Kier alpha value is -3.54. The molecule has 31 heavy (non-hydrogen) atoms. The fourth-order valence-corrected chi connectivity index (χ4v) is 4.54. The molecule has 4 nitrogen and oxygen atoms in total. The maximum atomic E-state index is 6.86. The van der Waals surface area contributed by atoms with Gasteiger partial charge in [-0.05, 0) is 12.1 Å². The molecule has 2 aliphatic rings. The third-order valence-electron chi connectivity index (χ3n) is 6.04. The number of rotatable bonds is 2. The molecule has 1 unspecified atom stereocenters.